The topological polar surface area (TPSA) is 107 Å². The predicted molar refractivity (Wildman–Crippen MR) is 154 cm³/mol. The number of sulfonamides is 1. The Morgan fingerprint density at radius 2 is 1.88 bits per heavy atom. The Labute approximate surface area is 233 Å². The van der Waals surface area contributed by atoms with E-state index in [0.29, 0.717) is 59.9 Å². The van der Waals surface area contributed by atoms with Crippen LogP contribution in [0.1, 0.15) is 55.5 Å². The summed E-state index contributed by atoms with van der Waals surface area (Å²) in [6.45, 7) is 9.97. The molecule has 2 fully saturated rings. The minimum absolute atomic E-state index is 0.153. The van der Waals surface area contributed by atoms with Gasteiger partial charge in [0.15, 0.2) is 5.65 Å². The first kappa shape index (κ1) is 26.2. The number of para-hydroxylation sites is 2. The smallest absolute Gasteiger partial charge is 0.269 e. The second kappa shape index (κ2) is 10.5. The third-order valence-corrected chi connectivity index (χ3v) is 9.70. The number of nitrogens with one attached hydrogen (secondary N) is 1. The Kier molecular flexibility index (Phi) is 6.90. The van der Waals surface area contributed by atoms with Gasteiger partial charge in [0.05, 0.1) is 34.4 Å². The lowest BCUT2D eigenvalue weighted by atomic mass is 10.1. The van der Waals surface area contributed by atoms with Gasteiger partial charge in [0, 0.05) is 13.7 Å². The SMILES string of the molecule is [C-]#[N+]c1cccc(Cc2cc(Nc3ccccc3N(C)S(=O)(=O)C3CC3)c3nc(C)n(C4CCCCO4)c3n2)n1. The number of aromatic nitrogens is 4. The van der Waals surface area contributed by atoms with Crippen LogP contribution >= 0.6 is 0 Å². The molecule has 1 saturated heterocycles. The number of pyridine rings is 2. The summed E-state index contributed by atoms with van der Waals surface area (Å²) in [5.41, 5.74) is 4.80. The van der Waals surface area contributed by atoms with Gasteiger partial charge >= 0.3 is 0 Å². The van der Waals surface area contributed by atoms with Crippen LogP contribution in [-0.4, -0.2) is 46.8 Å². The van der Waals surface area contributed by atoms with Gasteiger partial charge in [-0.25, -0.2) is 18.4 Å². The van der Waals surface area contributed by atoms with Crippen LogP contribution in [0.2, 0.25) is 0 Å². The van der Waals surface area contributed by atoms with E-state index in [4.69, 9.17) is 21.3 Å². The lowest BCUT2D eigenvalue weighted by molar-refractivity contribution is -0.0309. The predicted octanol–water partition coefficient (Wildman–Crippen LogP) is 5.65. The van der Waals surface area contributed by atoms with Crippen molar-refractivity contribution in [3.63, 3.8) is 0 Å². The number of aryl methyl sites for hydroxylation is 1. The first-order chi connectivity index (χ1) is 19.3. The maximum atomic E-state index is 13.1. The number of imidazole rings is 1. The second-order valence-electron chi connectivity index (χ2n) is 10.3. The molecule has 3 aromatic heterocycles. The minimum atomic E-state index is -3.44. The Morgan fingerprint density at radius 1 is 1.05 bits per heavy atom. The molecule has 0 spiro atoms. The lowest BCUT2D eigenvalue weighted by Gasteiger charge is -2.25. The van der Waals surface area contributed by atoms with Gasteiger partial charge in [-0.15, -0.1) is 4.98 Å². The van der Waals surface area contributed by atoms with Gasteiger partial charge in [-0.05, 0) is 69.4 Å². The van der Waals surface area contributed by atoms with Crippen LogP contribution in [0, 0.1) is 13.5 Å². The van der Waals surface area contributed by atoms with Gasteiger partial charge in [0.1, 0.15) is 23.3 Å². The fourth-order valence-electron chi connectivity index (χ4n) is 5.22. The van der Waals surface area contributed by atoms with Crippen LogP contribution in [-0.2, 0) is 21.2 Å². The van der Waals surface area contributed by atoms with Crippen molar-refractivity contribution in [3.8, 4) is 0 Å². The number of benzene rings is 1. The molecule has 10 nitrogen and oxygen atoms in total. The van der Waals surface area contributed by atoms with Gasteiger partial charge in [-0.1, -0.05) is 24.8 Å². The van der Waals surface area contributed by atoms with Crippen molar-refractivity contribution >= 4 is 44.1 Å². The first-order valence-corrected chi connectivity index (χ1v) is 15.0. The Balaban J connectivity index is 1.45. The molecule has 1 atom stereocenters. The lowest BCUT2D eigenvalue weighted by Crippen LogP contribution is -2.30. The van der Waals surface area contributed by atoms with Crippen LogP contribution in [0.3, 0.4) is 0 Å². The number of nitrogens with zero attached hydrogens (tertiary/aromatic N) is 6. The van der Waals surface area contributed by atoms with Crippen LogP contribution in [0.25, 0.3) is 16.0 Å². The van der Waals surface area contributed by atoms with E-state index >= 15 is 0 Å². The van der Waals surface area contributed by atoms with Crippen molar-refractivity contribution < 1.29 is 13.2 Å². The quantitative estimate of drug-likeness (QED) is 0.279. The molecule has 206 valence electrons. The van der Waals surface area contributed by atoms with Gasteiger partial charge in [-0.3, -0.25) is 8.87 Å². The number of anilines is 3. The van der Waals surface area contributed by atoms with Crippen LogP contribution in [0.5, 0.6) is 0 Å². The van der Waals surface area contributed by atoms with E-state index in [0.717, 1.165) is 36.5 Å². The molecule has 0 amide bonds. The largest absolute Gasteiger partial charge is 0.361 e. The molecular formula is C29H31N7O3S. The fraction of sp³-hybridized carbons (Fsp3) is 0.379. The van der Waals surface area contributed by atoms with Crippen molar-refractivity contribution in [2.45, 2.75) is 56.9 Å². The molecule has 6 rings (SSSR count). The van der Waals surface area contributed by atoms with E-state index in [-0.39, 0.29) is 11.5 Å². The van der Waals surface area contributed by atoms with E-state index in [2.05, 4.69) is 19.7 Å². The average molecular weight is 558 g/mol. The van der Waals surface area contributed by atoms with Crippen molar-refractivity contribution in [2.24, 2.45) is 0 Å². The Morgan fingerprint density at radius 3 is 2.62 bits per heavy atom. The third-order valence-electron chi connectivity index (χ3n) is 7.43. The summed E-state index contributed by atoms with van der Waals surface area (Å²) in [7, 11) is -1.83. The second-order valence-corrected chi connectivity index (χ2v) is 12.6. The zero-order valence-corrected chi connectivity index (χ0v) is 23.4. The Hall–Kier alpha value is -4.01. The molecule has 4 heterocycles. The molecule has 0 radical (unpaired) electrons. The molecular weight excluding hydrogens is 526 g/mol. The molecule has 1 N–H and O–H groups in total. The van der Waals surface area contributed by atoms with Crippen molar-refractivity contribution in [2.75, 3.05) is 23.3 Å². The van der Waals surface area contributed by atoms with Crippen molar-refractivity contribution in [3.05, 3.63) is 77.2 Å². The number of fused-ring (bicyclic) bond motifs is 1. The van der Waals surface area contributed by atoms with Crippen molar-refractivity contribution in [1.29, 1.82) is 0 Å². The zero-order valence-electron chi connectivity index (χ0n) is 22.5. The van der Waals surface area contributed by atoms with Gasteiger partial charge < -0.3 is 14.9 Å². The molecule has 1 aromatic carbocycles. The molecule has 40 heavy (non-hydrogen) atoms. The van der Waals surface area contributed by atoms with E-state index in [1.807, 2.05) is 43.3 Å². The van der Waals surface area contributed by atoms with Crippen LogP contribution in [0.15, 0.2) is 48.5 Å². The van der Waals surface area contributed by atoms with Crippen molar-refractivity contribution in [1.82, 2.24) is 19.5 Å². The monoisotopic (exact) mass is 557 g/mol. The molecule has 2 aliphatic rings. The average Bonchev–Trinajstić information content (AvgIpc) is 3.77. The summed E-state index contributed by atoms with van der Waals surface area (Å²) >= 11 is 0. The third kappa shape index (κ3) is 5.00. The first-order valence-electron chi connectivity index (χ1n) is 13.5. The summed E-state index contributed by atoms with van der Waals surface area (Å²) in [6, 6.07) is 14.7. The highest BCUT2D eigenvalue weighted by Crippen LogP contribution is 2.38. The van der Waals surface area contributed by atoms with E-state index in [1.54, 1.807) is 19.2 Å². The van der Waals surface area contributed by atoms with Gasteiger partial charge in [0.2, 0.25) is 10.0 Å². The maximum Gasteiger partial charge on any atom is 0.269 e. The number of rotatable bonds is 8. The molecule has 4 aromatic rings. The highest BCUT2D eigenvalue weighted by molar-refractivity contribution is 7.93. The summed E-state index contributed by atoms with van der Waals surface area (Å²) in [5, 5.41) is 3.17. The van der Waals surface area contributed by atoms with E-state index in [1.165, 1.54) is 4.31 Å². The minimum Gasteiger partial charge on any atom is -0.361 e. The molecule has 1 saturated carbocycles. The normalized spacial score (nSPS) is 17.5. The fourth-order valence-corrected chi connectivity index (χ4v) is 6.83. The molecule has 0 bridgehead atoms. The summed E-state index contributed by atoms with van der Waals surface area (Å²) in [6.07, 6.45) is 4.63. The van der Waals surface area contributed by atoms with E-state index in [9.17, 15) is 8.42 Å². The number of hydrogen-bond acceptors (Lipinski definition) is 7. The molecule has 1 unspecified atom stereocenters. The molecule has 11 heteroatoms. The highest BCUT2D eigenvalue weighted by atomic mass is 32.2. The molecule has 1 aliphatic carbocycles. The number of hydrogen-bond donors (Lipinski definition) is 1. The van der Waals surface area contributed by atoms with Crippen LogP contribution < -0.4 is 9.62 Å². The van der Waals surface area contributed by atoms with Crippen LogP contribution in [0.4, 0.5) is 22.9 Å². The number of ether oxygens (including phenoxy) is 1. The highest BCUT2D eigenvalue weighted by Gasteiger charge is 2.39. The summed E-state index contributed by atoms with van der Waals surface area (Å²) < 4.78 is 35.7. The summed E-state index contributed by atoms with van der Waals surface area (Å²) in [5.74, 6) is 1.13. The molecule has 1 aliphatic heterocycles. The van der Waals surface area contributed by atoms with E-state index < -0.39 is 10.0 Å². The maximum absolute atomic E-state index is 13.1. The summed E-state index contributed by atoms with van der Waals surface area (Å²) in [4.78, 5) is 17.8. The Bertz CT molecular complexity index is 1720. The van der Waals surface area contributed by atoms with Gasteiger partial charge in [0.25, 0.3) is 5.82 Å². The van der Waals surface area contributed by atoms with Gasteiger partial charge in [-0.2, -0.15) is 0 Å². The zero-order chi connectivity index (χ0) is 27.9. The standard InChI is InChI=1S/C29H31N7O3S/c1-19-31-28-24(34-23-10-4-5-11-25(23)35(3)40(37,38)22-14-15-22)18-21(17-20-9-8-12-26(30-2)32-20)33-29(28)36(19)27-13-6-7-16-39-27/h4-5,8-12,18,22,27H,6-7,13-17H2,1,3H3,(H,33,34).